The van der Waals surface area contributed by atoms with Crippen LogP contribution in [0, 0.1) is 0 Å². The molecule has 4 rings (SSSR count). The minimum Gasteiger partial charge on any atom is -0.460 e. The summed E-state index contributed by atoms with van der Waals surface area (Å²) in [5.41, 5.74) is 0.189. The Morgan fingerprint density at radius 1 is 0.897 bits per heavy atom. The maximum atomic E-state index is 12.5. The van der Waals surface area contributed by atoms with Crippen LogP contribution in [0.15, 0.2) is 68.2 Å². The van der Waals surface area contributed by atoms with Crippen molar-refractivity contribution in [3.8, 4) is 0 Å². The number of carbonyl (C=O) groups is 2. The molecule has 0 aliphatic carbocycles. The molecule has 2 aromatic heterocycles. The lowest BCUT2D eigenvalue weighted by atomic mass is 10.1. The first-order valence-corrected chi connectivity index (χ1v) is 8.96. The number of esters is 2. The molecule has 0 fully saturated rings. The summed E-state index contributed by atoms with van der Waals surface area (Å²) in [6.07, 6.45) is 0. The van der Waals surface area contributed by atoms with Gasteiger partial charge in [0.05, 0.1) is 12.2 Å². The Morgan fingerprint density at radius 2 is 1.62 bits per heavy atom. The summed E-state index contributed by atoms with van der Waals surface area (Å²) in [6, 6.07) is 15.2. The number of hydrogen-bond donors (Lipinski definition) is 0. The van der Waals surface area contributed by atoms with Crippen LogP contribution in [0.3, 0.4) is 0 Å². The molecule has 0 atom stereocenters. The molecule has 146 valence electrons. The van der Waals surface area contributed by atoms with E-state index in [2.05, 4.69) is 0 Å². The summed E-state index contributed by atoms with van der Waals surface area (Å²) >= 11 is 0. The number of hydrogen-bond acceptors (Lipinski definition) is 7. The first kappa shape index (κ1) is 18.5. The van der Waals surface area contributed by atoms with Gasteiger partial charge < -0.3 is 18.3 Å². The molecule has 2 aromatic carbocycles. The van der Waals surface area contributed by atoms with E-state index in [1.54, 1.807) is 55.5 Å². The van der Waals surface area contributed by atoms with Crippen molar-refractivity contribution in [3.63, 3.8) is 0 Å². The van der Waals surface area contributed by atoms with Crippen molar-refractivity contribution >= 4 is 33.9 Å². The number of benzene rings is 2. The van der Waals surface area contributed by atoms with Crippen molar-refractivity contribution in [1.29, 1.82) is 0 Å². The van der Waals surface area contributed by atoms with Crippen LogP contribution >= 0.6 is 0 Å². The van der Waals surface area contributed by atoms with Crippen LogP contribution in [0.25, 0.3) is 21.9 Å². The van der Waals surface area contributed by atoms with Gasteiger partial charge in [0.2, 0.25) is 5.76 Å². The van der Waals surface area contributed by atoms with Crippen molar-refractivity contribution in [1.82, 2.24) is 0 Å². The summed E-state index contributed by atoms with van der Waals surface area (Å²) < 4.78 is 21.1. The zero-order chi connectivity index (χ0) is 20.4. The van der Waals surface area contributed by atoms with E-state index >= 15 is 0 Å². The van der Waals surface area contributed by atoms with Gasteiger partial charge in [0.15, 0.2) is 0 Å². The quantitative estimate of drug-likeness (QED) is 0.373. The zero-order valence-corrected chi connectivity index (χ0v) is 15.5. The molecular formula is C22H16O7. The molecule has 0 saturated carbocycles. The van der Waals surface area contributed by atoms with Crippen molar-refractivity contribution in [2.75, 3.05) is 6.61 Å². The number of furan rings is 1. The lowest BCUT2D eigenvalue weighted by Gasteiger charge is -2.06. The maximum Gasteiger partial charge on any atom is 0.374 e. The highest BCUT2D eigenvalue weighted by Gasteiger charge is 2.24. The second kappa shape index (κ2) is 7.63. The van der Waals surface area contributed by atoms with E-state index in [4.69, 9.17) is 18.3 Å². The van der Waals surface area contributed by atoms with Crippen LogP contribution in [0.5, 0.6) is 0 Å². The molecule has 4 aromatic rings. The Morgan fingerprint density at radius 3 is 2.41 bits per heavy atom. The van der Waals surface area contributed by atoms with Crippen molar-refractivity contribution in [2.45, 2.75) is 13.5 Å². The molecule has 7 nitrogen and oxygen atoms in total. The predicted octanol–water partition coefficient (Wildman–Crippen LogP) is 4.07. The molecule has 2 heterocycles. The molecule has 0 saturated heterocycles. The van der Waals surface area contributed by atoms with Gasteiger partial charge in [-0.3, -0.25) is 0 Å². The van der Waals surface area contributed by atoms with Crippen LogP contribution in [0.1, 0.15) is 33.4 Å². The van der Waals surface area contributed by atoms with Crippen LogP contribution in [0.4, 0.5) is 0 Å². The maximum absolute atomic E-state index is 12.5. The second-order valence-electron chi connectivity index (χ2n) is 6.19. The smallest absolute Gasteiger partial charge is 0.374 e. The Bertz CT molecular complexity index is 1280. The van der Waals surface area contributed by atoms with Gasteiger partial charge in [0.1, 0.15) is 23.3 Å². The van der Waals surface area contributed by atoms with E-state index in [1.807, 2.05) is 0 Å². The first-order chi connectivity index (χ1) is 14.1. The average molecular weight is 392 g/mol. The van der Waals surface area contributed by atoms with Gasteiger partial charge in [-0.25, -0.2) is 14.4 Å². The third-order valence-corrected chi connectivity index (χ3v) is 4.37. The summed E-state index contributed by atoms with van der Waals surface area (Å²) in [5.74, 6) is -1.55. The third-order valence-electron chi connectivity index (χ3n) is 4.37. The molecule has 0 N–H and O–H groups in total. The van der Waals surface area contributed by atoms with E-state index in [0.717, 1.165) is 0 Å². The van der Waals surface area contributed by atoms with Crippen LogP contribution < -0.4 is 5.63 Å². The van der Waals surface area contributed by atoms with Gasteiger partial charge in [-0.05, 0) is 25.1 Å². The van der Waals surface area contributed by atoms with E-state index in [1.165, 1.54) is 6.07 Å². The minimum absolute atomic E-state index is 0.0357. The SMILES string of the molecule is CCOC(=O)c1oc2ccccc2c1COC(=O)c1cc2ccccc2oc1=O. The molecule has 0 radical (unpaired) electrons. The lowest BCUT2D eigenvalue weighted by Crippen LogP contribution is -2.17. The van der Waals surface area contributed by atoms with E-state index in [-0.39, 0.29) is 24.5 Å². The van der Waals surface area contributed by atoms with Crippen molar-refractivity contribution in [2.24, 2.45) is 0 Å². The minimum atomic E-state index is -0.857. The normalized spacial score (nSPS) is 10.9. The number of para-hydroxylation sites is 2. The highest BCUT2D eigenvalue weighted by Crippen LogP contribution is 2.27. The number of carbonyl (C=O) groups excluding carboxylic acids is 2. The van der Waals surface area contributed by atoms with E-state index in [9.17, 15) is 14.4 Å². The Balaban J connectivity index is 1.65. The summed E-state index contributed by atoms with van der Waals surface area (Å²) in [4.78, 5) is 36.9. The second-order valence-corrected chi connectivity index (χ2v) is 6.19. The predicted molar refractivity (Wildman–Crippen MR) is 104 cm³/mol. The largest absolute Gasteiger partial charge is 0.460 e. The number of rotatable bonds is 5. The third kappa shape index (κ3) is 3.50. The zero-order valence-electron chi connectivity index (χ0n) is 15.5. The van der Waals surface area contributed by atoms with Crippen molar-refractivity contribution in [3.05, 3.63) is 81.9 Å². The van der Waals surface area contributed by atoms with Gasteiger partial charge in [-0.2, -0.15) is 0 Å². The molecular weight excluding hydrogens is 376 g/mol. The van der Waals surface area contributed by atoms with Gasteiger partial charge in [-0.1, -0.05) is 36.4 Å². The fraction of sp³-hybridized carbons (Fsp3) is 0.136. The fourth-order valence-electron chi connectivity index (χ4n) is 3.02. The van der Waals surface area contributed by atoms with Crippen LogP contribution in [-0.4, -0.2) is 18.5 Å². The van der Waals surface area contributed by atoms with E-state index in [0.29, 0.717) is 27.5 Å². The Labute approximate surface area is 164 Å². The van der Waals surface area contributed by atoms with Gasteiger partial charge in [-0.15, -0.1) is 0 Å². The molecule has 7 heteroatoms. The number of fused-ring (bicyclic) bond motifs is 2. The fourth-order valence-corrected chi connectivity index (χ4v) is 3.02. The Kier molecular flexibility index (Phi) is 4.87. The van der Waals surface area contributed by atoms with Gasteiger partial charge in [0.25, 0.3) is 0 Å². The molecule has 0 aliphatic rings. The van der Waals surface area contributed by atoms with Gasteiger partial charge in [0, 0.05) is 10.8 Å². The molecule has 29 heavy (non-hydrogen) atoms. The molecule has 0 bridgehead atoms. The monoisotopic (exact) mass is 392 g/mol. The summed E-state index contributed by atoms with van der Waals surface area (Å²) in [7, 11) is 0. The standard InChI is InChI=1S/C22H16O7/c1-2-26-22(25)19-16(14-8-4-6-10-18(14)28-19)12-27-20(23)15-11-13-7-3-5-9-17(13)29-21(15)24/h3-11H,2,12H2,1H3. The highest BCUT2D eigenvalue weighted by molar-refractivity contribution is 5.97. The Hall–Kier alpha value is -3.87. The molecule has 0 spiro atoms. The molecule has 0 unspecified atom stereocenters. The highest BCUT2D eigenvalue weighted by atomic mass is 16.5. The molecule has 0 aliphatic heterocycles. The summed E-state index contributed by atoms with van der Waals surface area (Å²) in [6.45, 7) is 1.59. The topological polar surface area (TPSA) is 96.0 Å². The van der Waals surface area contributed by atoms with E-state index < -0.39 is 17.6 Å². The van der Waals surface area contributed by atoms with Crippen LogP contribution in [0.2, 0.25) is 0 Å². The average Bonchev–Trinajstić information content (AvgIpc) is 3.10. The van der Waals surface area contributed by atoms with Crippen LogP contribution in [-0.2, 0) is 16.1 Å². The number of ether oxygens (including phenoxy) is 2. The van der Waals surface area contributed by atoms with Crippen molar-refractivity contribution < 1.29 is 27.9 Å². The first-order valence-electron chi connectivity index (χ1n) is 8.96. The lowest BCUT2D eigenvalue weighted by molar-refractivity contribution is 0.0432. The summed E-state index contributed by atoms with van der Waals surface area (Å²) in [5, 5.41) is 1.22. The molecule has 0 amide bonds. The van der Waals surface area contributed by atoms with Gasteiger partial charge >= 0.3 is 17.6 Å².